The second kappa shape index (κ2) is 18.1. The number of esters is 3. The van der Waals surface area contributed by atoms with Crippen molar-refractivity contribution < 1.29 is 28.6 Å². The second-order valence-corrected chi connectivity index (χ2v) is 8.49. The van der Waals surface area contributed by atoms with Gasteiger partial charge in [-0.1, -0.05) is 78.6 Å². The van der Waals surface area contributed by atoms with Crippen LogP contribution in [0.3, 0.4) is 0 Å². The van der Waals surface area contributed by atoms with Crippen molar-refractivity contribution in [2.45, 2.75) is 117 Å². The zero-order valence-corrected chi connectivity index (χ0v) is 20.8. The van der Waals surface area contributed by atoms with Crippen LogP contribution in [0.25, 0.3) is 0 Å². The van der Waals surface area contributed by atoms with E-state index in [4.69, 9.17) is 14.2 Å². The van der Waals surface area contributed by atoms with Gasteiger partial charge in [0.1, 0.15) is 17.2 Å². The minimum atomic E-state index is -0.356. The van der Waals surface area contributed by atoms with Gasteiger partial charge < -0.3 is 14.2 Å². The van der Waals surface area contributed by atoms with Gasteiger partial charge in [-0.15, -0.1) is 0 Å². The summed E-state index contributed by atoms with van der Waals surface area (Å²) >= 11 is 0. The third-order valence-corrected chi connectivity index (χ3v) is 5.25. The Morgan fingerprint density at radius 1 is 0.485 bits per heavy atom. The molecular weight excluding hydrogens is 420 g/mol. The Kier molecular flexibility index (Phi) is 15.7. The SMILES string of the molecule is CCCCCCC(=O)Oc1cc(OC(=O)CCCCCC)cc(OC(=O)CCCCCC)c1. The van der Waals surface area contributed by atoms with Crippen LogP contribution in [0.15, 0.2) is 18.2 Å². The lowest BCUT2D eigenvalue weighted by molar-refractivity contribution is -0.135. The van der Waals surface area contributed by atoms with Gasteiger partial charge in [0, 0.05) is 37.5 Å². The molecule has 0 aliphatic rings. The Morgan fingerprint density at radius 3 is 1.00 bits per heavy atom. The molecule has 1 aromatic rings. The largest absolute Gasteiger partial charge is 0.426 e. The molecule has 6 nitrogen and oxygen atoms in total. The first-order valence-electron chi connectivity index (χ1n) is 12.8. The lowest BCUT2D eigenvalue weighted by atomic mass is 10.1. The maximum Gasteiger partial charge on any atom is 0.311 e. The highest BCUT2D eigenvalue weighted by Crippen LogP contribution is 2.29. The first kappa shape index (κ1) is 28.7. The van der Waals surface area contributed by atoms with E-state index >= 15 is 0 Å². The van der Waals surface area contributed by atoms with Crippen LogP contribution in [0.4, 0.5) is 0 Å². The molecule has 1 aromatic carbocycles. The van der Waals surface area contributed by atoms with Gasteiger partial charge in [0.2, 0.25) is 0 Å². The number of ether oxygens (including phenoxy) is 3. The molecular formula is C27H42O6. The third kappa shape index (κ3) is 14.4. The summed E-state index contributed by atoms with van der Waals surface area (Å²) < 4.78 is 16.3. The summed E-state index contributed by atoms with van der Waals surface area (Å²) in [5.74, 6) is -0.440. The van der Waals surface area contributed by atoms with Crippen molar-refractivity contribution in [1.82, 2.24) is 0 Å². The minimum absolute atomic E-state index is 0.209. The topological polar surface area (TPSA) is 78.9 Å². The van der Waals surface area contributed by atoms with E-state index in [9.17, 15) is 14.4 Å². The van der Waals surface area contributed by atoms with Gasteiger partial charge in [-0.3, -0.25) is 14.4 Å². The summed E-state index contributed by atoms with van der Waals surface area (Å²) in [7, 11) is 0. The minimum Gasteiger partial charge on any atom is -0.426 e. The molecule has 186 valence electrons. The summed E-state index contributed by atoms with van der Waals surface area (Å²) in [5, 5.41) is 0. The van der Waals surface area contributed by atoms with Crippen LogP contribution in [0.2, 0.25) is 0 Å². The Bertz CT molecular complexity index is 605. The standard InChI is InChI=1S/C27H42O6/c1-4-7-10-13-16-25(28)31-22-19-23(32-26(29)17-14-11-8-5-2)21-24(20-22)33-27(30)18-15-12-9-6-3/h19-21H,4-18H2,1-3H3. The molecule has 1 rings (SSSR count). The van der Waals surface area contributed by atoms with Crippen molar-refractivity contribution in [1.29, 1.82) is 0 Å². The average Bonchev–Trinajstić information content (AvgIpc) is 2.77. The van der Waals surface area contributed by atoms with E-state index in [1.165, 1.54) is 18.2 Å². The summed E-state index contributed by atoms with van der Waals surface area (Å²) in [6.07, 6.45) is 12.7. The Hall–Kier alpha value is -2.37. The highest BCUT2D eigenvalue weighted by Gasteiger charge is 2.14. The molecule has 33 heavy (non-hydrogen) atoms. The number of carbonyl (C=O) groups excluding carboxylic acids is 3. The lowest BCUT2D eigenvalue weighted by Crippen LogP contribution is -2.11. The van der Waals surface area contributed by atoms with Crippen molar-refractivity contribution in [3.8, 4) is 17.2 Å². The monoisotopic (exact) mass is 462 g/mol. The molecule has 0 fully saturated rings. The molecule has 0 atom stereocenters. The quantitative estimate of drug-likeness (QED) is 0.129. The van der Waals surface area contributed by atoms with E-state index in [-0.39, 0.29) is 35.2 Å². The lowest BCUT2D eigenvalue weighted by Gasteiger charge is -2.11. The molecule has 0 saturated heterocycles. The number of rotatable bonds is 18. The van der Waals surface area contributed by atoms with Crippen molar-refractivity contribution >= 4 is 17.9 Å². The molecule has 0 aliphatic carbocycles. The van der Waals surface area contributed by atoms with Gasteiger partial charge in [0.05, 0.1) is 0 Å². The van der Waals surface area contributed by atoms with Crippen LogP contribution < -0.4 is 14.2 Å². The maximum atomic E-state index is 12.2. The maximum absolute atomic E-state index is 12.2. The fourth-order valence-electron chi connectivity index (χ4n) is 3.36. The van der Waals surface area contributed by atoms with Gasteiger partial charge in [-0.25, -0.2) is 0 Å². The predicted octanol–water partition coefficient (Wildman–Crippen LogP) is 7.31. The number of carbonyl (C=O) groups is 3. The van der Waals surface area contributed by atoms with Crippen LogP contribution in [0.5, 0.6) is 17.2 Å². The molecule has 6 heteroatoms. The zero-order valence-electron chi connectivity index (χ0n) is 20.8. The number of hydrogen-bond donors (Lipinski definition) is 0. The molecule has 0 amide bonds. The van der Waals surface area contributed by atoms with Gasteiger partial charge in [-0.05, 0) is 19.3 Å². The highest BCUT2D eigenvalue weighted by molar-refractivity contribution is 5.76. The van der Waals surface area contributed by atoms with E-state index in [2.05, 4.69) is 20.8 Å². The van der Waals surface area contributed by atoms with E-state index in [0.717, 1.165) is 77.0 Å². The smallest absolute Gasteiger partial charge is 0.311 e. The van der Waals surface area contributed by atoms with E-state index < -0.39 is 0 Å². The van der Waals surface area contributed by atoms with E-state index in [1.807, 2.05) is 0 Å². The van der Waals surface area contributed by atoms with Gasteiger partial charge in [0.25, 0.3) is 0 Å². The third-order valence-electron chi connectivity index (χ3n) is 5.25. The molecule has 0 N–H and O–H groups in total. The first-order chi connectivity index (χ1) is 16.0. The first-order valence-corrected chi connectivity index (χ1v) is 12.8. The van der Waals surface area contributed by atoms with Crippen LogP contribution in [-0.2, 0) is 14.4 Å². The molecule has 0 aromatic heterocycles. The average molecular weight is 463 g/mol. The van der Waals surface area contributed by atoms with Gasteiger partial charge in [0.15, 0.2) is 0 Å². The summed E-state index contributed by atoms with van der Waals surface area (Å²) in [5.41, 5.74) is 0. The normalized spacial score (nSPS) is 10.6. The summed E-state index contributed by atoms with van der Waals surface area (Å²) in [6, 6.07) is 4.48. The van der Waals surface area contributed by atoms with E-state index in [0.29, 0.717) is 19.3 Å². The van der Waals surface area contributed by atoms with E-state index in [1.54, 1.807) is 0 Å². The molecule has 0 aliphatic heterocycles. The Morgan fingerprint density at radius 2 is 0.758 bits per heavy atom. The van der Waals surface area contributed by atoms with Crippen molar-refractivity contribution in [2.75, 3.05) is 0 Å². The second-order valence-electron chi connectivity index (χ2n) is 8.49. The summed E-state index contributed by atoms with van der Waals surface area (Å²) in [4.78, 5) is 36.6. The number of hydrogen-bond acceptors (Lipinski definition) is 6. The highest BCUT2D eigenvalue weighted by atomic mass is 16.6. The molecule has 0 radical (unpaired) electrons. The van der Waals surface area contributed by atoms with Crippen LogP contribution in [0.1, 0.15) is 117 Å². The van der Waals surface area contributed by atoms with Crippen LogP contribution >= 0.6 is 0 Å². The van der Waals surface area contributed by atoms with Crippen molar-refractivity contribution in [2.24, 2.45) is 0 Å². The predicted molar refractivity (Wildman–Crippen MR) is 130 cm³/mol. The van der Waals surface area contributed by atoms with Gasteiger partial charge in [-0.2, -0.15) is 0 Å². The fraction of sp³-hybridized carbons (Fsp3) is 0.667. The molecule has 0 unspecified atom stereocenters. The number of benzene rings is 1. The van der Waals surface area contributed by atoms with Crippen molar-refractivity contribution in [3.05, 3.63) is 18.2 Å². The molecule has 0 bridgehead atoms. The molecule has 0 saturated carbocycles. The molecule has 0 heterocycles. The van der Waals surface area contributed by atoms with Crippen LogP contribution in [0, 0.1) is 0 Å². The van der Waals surface area contributed by atoms with Gasteiger partial charge >= 0.3 is 17.9 Å². The molecule has 0 spiro atoms. The Balaban J connectivity index is 2.78. The zero-order chi connectivity index (χ0) is 24.3. The number of unbranched alkanes of at least 4 members (excludes halogenated alkanes) is 9. The summed E-state index contributed by atoms with van der Waals surface area (Å²) in [6.45, 7) is 6.34. The van der Waals surface area contributed by atoms with Crippen molar-refractivity contribution in [3.63, 3.8) is 0 Å². The Labute approximate surface area is 199 Å². The fourth-order valence-corrected chi connectivity index (χ4v) is 3.36. The van der Waals surface area contributed by atoms with Crippen LogP contribution in [-0.4, -0.2) is 17.9 Å².